The maximum atomic E-state index is 12.9. The van der Waals surface area contributed by atoms with Gasteiger partial charge in [-0.2, -0.15) is 4.98 Å². The number of benzene rings is 3. The number of likely N-dealkylation sites (N-methyl/N-ethyl adjacent to an activating group) is 1. The zero-order chi connectivity index (χ0) is 27.8. The number of para-hydroxylation sites is 1. The first-order valence-electron chi connectivity index (χ1n) is 12.5. The second kappa shape index (κ2) is 12.7. The second-order valence-electron chi connectivity index (χ2n) is 9.17. The lowest BCUT2D eigenvalue weighted by molar-refractivity contribution is 0.213. The maximum Gasteiger partial charge on any atom is 0.418 e. The van der Waals surface area contributed by atoms with E-state index in [1.54, 1.807) is 18.3 Å². The van der Waals surface area contributed by atoms with Gasteiger partial charge in [0.15, 0.2) is 11.5 Å². The lowest BCUT2D eigenvalue weighted by Gasteiger charge is -2.16. The van der Waals surface area contributed by atoms with Gasteiger partial charge in [0.2, 0.25) is 5.95 Å². The standard InChI is InChI=1S/C30H33N5O4/c1-20-8-6-9-24(21(20)2)25-10-7-11-26(37-5)28(25)39-30(36)34-27-16-17-31-29(33-27)32-22-12-14-23(15-13-22)38-19-18-35(3)4/h6-17H,18-19H2,1-5H3,(H2,31,32,33,34,36). The normalized spacial score (nSPS) is 10.7. The zero-order valence-corrected chi connectivity index (χ0v) is 22.8. The molecule has 0 atom stereocenters. The van der Waals surface area contributed by atoms with Crippen LogP contribution in [0.15, 0.2) is 72.9 Å². The van der Waals surface area contributed by atoms with Gasteiger partial charge >= 0.3 is 6.09 Å². The molecular formula is C30H33N5O4. The molecule has 39 heavy (non-hydrogen) atoms. The van der Waals surface area contributed by atoms with Crippen LogP contribution in [0.25, 0.3) is 11.1 Å². The molecule has 1 heterocycles. The molecule has 1 aromatic heterocycles. The topological polar surface area (TPSA) is 97.8 Å². The van der Waals surface area contributed by atoms with Gasteiger partial charge in [0.1, 0.15) is 18.2 Å². The van der Waals surface area contributed by atoms with Crippen LogP contribution in [-0.2, 0) is 0 Å². The van der Waals surface area contributed by atoms with Crippen molar-refractivity contribution in [3.63, 3.8) is 0 Å². The molecule has 9 heteroatoms. The Bertz CT molecular complexity index is 1420. The number of rotatable bonds is 10. The summed E-state index contributed by atoms with van der Waals surface area (Å²) in [6.45, 7) is 5.52. The molecule has 0 spiro atoms. The van der Waals surface area contributed by atoms with Gasteiger partial charge in [-0.3, -0.25) is 5.32 Å². The molecule has 1 amide bonds. The molecule has 0 bridgehead atoms. The first-order valence-corrected chi connectivity index (χ1v) is 12.5. The van der Waals surface area contributed by atoms with Gasteiger partial charge in [0.25, 0.3) is 0 Å². The van der Waals surface area contributed by atoms with Crippen molar-refractivity contribution in [3.8, 4) is 28.4 Å². The van der Waals surface area contributed by atoms with Crippen LogP contribution in [0.5, 0.6) is 17.2 Å². The van der Waals surface area contributed by atoms with Crippen molar-refractivity contribution >= 4 is 23.5 Å². The Morgan fingerprint density at radius 3 is 2.44 bits per heavy atom. The van der Waals surface area contributed by atoms with E-state index in [0.29, 0.717) is 24.1 Å². The molecule has 0 unspecified atom stereocenters. The summed E-state index contributed by atoms with van der Waals surface area (Å²) in [7, 11) is 5.54. The summed E-state index contributed by atoms with van der Waals surface area (Å²) in [5.74, 6) is 2.15. The summed E-state index contributed by atoms with van der Waals surface area (Å²) in [4.78, 5) is 23.6. The van der Waals surface area contributed by atoms with E-state index in [1.165, 1.54) is 7.11 Å². The highest BCUT2D eigenvalue weighted by molar-refractivity contribution is 5.88. The molecule has 4 aromatic rings. The Kier molecular flexibility index (Phi) is 8.96. The summed E-state index contributed by atoms with van der Waals surface area (Å²) in [5, 5.41) is 5.81. The average molecular weight is 528 g/mol. The number of carbonyl (C=O) groups is 1. The first-order chi connectivity index (χ1) is 18.8. The third kappa shape index (κ3) is 7.24. The van der Waals surface area contributed by atoms with E-state index < -0.39 is 6.09 Å². The Balaban J connectivity index is 1.45. The Labute approximate surface area is 228 Å². The molecule has 0 saturated heterocycles. The zero-order valence-electron chi connectivity index (χ0n) is 22.8. The Morgan fingerprint density at radius 2 is 1.69 bits per heavy atom. The fourth-order valence-corrected chi connectivity index (χ4v) is 3.86. The number of hydrogen-bond acceptors (Lipinski definition) is 8. The van der Waals surface area contributed by atoms with Gasteiger partial charge in [-0.05, 0) is 81.0 Å². The summed E-state index contributed by atoms with van der Waals surface area (Å²) in [6.07, 6.45) is 0.851. The van der Waals surface area contributed by atoms with Crippen LogP contribution >= 0.6 is 0 Å². The van der Waals surface area contributed by atoms with Crippen LogP contribution < -0.4 is 24.8 Å². The number of nitrogens with zero attached hydrogens (tertiary/aromatic N) is 3. The van der Waals surface area contributed by atoms with Crippen LogP contribution in [0.1, 0.15) is 11.1 Å². The smallest absolute Gasteiger partial charge is 0.418 e. The van der Waals surface area contributed by atoms with Gasteiger partial charge in [-0.25, -0.2) is 9.78 Å². The quantitative estimate of drug-likeness (QED) is 0.257. The molecule has 4 rings (SSSR count). The van der Waals surface area contributed by atoms with Crippen molar-refractivity contribution in [1.82, 2.24) is 14.9 Å². The molecule has 0 aliphatic carbocycles. The summed E-state index contributed by atoms with van der Waals surface area (Å²) < 4.78 is 17.0. The number of carbonyl (C=O) groups excluding carboxylic acids is 1. The fraction of sp³-hybridized carbons (Fsp3) is 0.233. The number of methoxy groups -OCH3 is 1. The number of aromatic nitrogens is 2. The van der Waals surface area contributed by atoms with E-state index >= 15 is 0 Å². The van der Waals surface area contributed by atoms with Gasteiger partial charge in [-0.1, -0.05) is 30.3 Å². The Morgan fingerprint density at radius 1 is 0.949 bits per heavy atom. The van der Waals surface area contributed by atoms with Gasteiger partial charge in [-0.15, -0.1) is 0 Å². The summed E-state index contributed by atoms with van der Waals surface area (Å²) in [5.41, 5.74) is 4.72. The highest BCUT2D eigenvalue weighted by Crippen LogP contribution is 2.40. The second-order valence-corrected chi connectivity index (χ2v) is 9.17. The number of nitrogens with one attached hydrogen (secondary N) is 2. The van der Waals surface area contributed by atoms with Crippen molar-refractivity contribution in [1.29, 1.82) is 0 Å². The van der Waals surface area contributed by atoms with Crippen molar-refractivity contribution in [3.05, 3.63) is 84.1 Å². The number of aryl methyl sites for hydroxylation is 1. The van der Waals surface area contributed by atoms with Gasteiger partial charge < -0.3 is 24.4 Å². The fourth-order valence-electron chi connectivity index (χ4n) is 3.86. The van der Waals surface area contributed by atoms with Crippen LogP contribution in [0.4, 0.5) is 22.2 Å². The molecule has 0 saturated carbocycles. The van der Waals surface area contributed by atoms with Crippen molar-refractivity contribution < 1.29 is 19.0 Å². The molecule has 0 fully saturated rings. The van der Waals surface area contributed by atoms with Crippen LogP contribution in [0.3, 0.4) is 0 Å². The third-order valence-corrected chi connectivity index (χ3v) is 6.09. The Hall–Kier alpha value is -4.63. The molecule has 9 nitrogen and oxygen atoms in total. The monoisotopic (exact) mass is 527 g/mol. The lowest BCUT2D eigenvalue weighted by Crippen LogP contribution is -2.19. The van der Waals surface area contributed by atoms with Crippen LogP contribution in [-0.4, -0.2) is 55.3 Å². The number of hydrogen-bond donors (Lipinski definition) is 2. The van der Waals surface area contributed by atoms with E-state index in [9.17, 15) is 4.79 Å². The molecule has 0 aliphatic rings. The van der Waals surface area contributed by atoms with Crippen molar-refractivity contribution in [2.75, 3.05) is 45.0 Å². The van der Waals surface area contributed by atoms with Crippen LogP contribution in [0.2, 0.25) is 0 Å². The van der Waals surface area contributed by atoms with E-state index in [2.05, 4.69) is 25.5 Å². The maximum absolute atomic E-state index is 12.9. The number of ether oxygens (including phenoxy) is 3. The minimum Gasteiger partial charge on any atom is -0.493 e. The van der Waals surface area contributed by atoms with Crippen LogP contribution in [0, 0.1) is 13.8 Å². The molecule has 0 aliphatic heterocycles. The summed E-state index contributed by atoms with van der Waals surface area (Å²) in [6, 6.07) is 20.6. The minimum atomic E-state index is -0.699. The van der Waals surface area contributed by atoms with Crippen molar-refractivity contribution in [2.45, 2.75) is 13.8 Å². The molecule has 2 N–H and O–H groups in total. The predicted molar refractivity (Wildman–Crippen MR) is 153 cm³/mol. The predicted octanol–water partition coefficient (Wildman–Crippen LogP) is 6.06. The highest BCUT2D eigenvalue weighted by atomic mass is 16.6. The van der Waals surface area contributed by atoms with Crippen molar-refractivity contribution in [2.24, 2.45) is 0 Å². The largest absolute Gasteiger partial charge is 0.493 e. The van der Waals surface area contributed by atoms with Gasteiger partial charge in [0.05, 0.1) is 7.11 Å². The molecule has 202 valence electrons. The molecular weight excluding hydrogens is 494 g/mol. The number of anilines is 3. The first kappa shape index (κ1) is 27.4. The lowest BCUT2D eigenvalue weighted by atomic mass is 9.96. The SMILES string of the molecule is COc1cccc(-c2cccc(C)c2C)c1OC(=O)Nc1ccnc(Nc2ccc(OCCN(C)C)cc2)n1. The van der Waals surface area contributed by atoms with E-state index in [4.69, 9.17) is 14.2 Å². The highest BCUT2D eigenvalue weighted by Gasteiger charge is 2.18. The van der Waals surface area contributed by atoms with E-state index in [0.717, 1.165) is 40.2 Å². The average Bonchev–Trinajstić information content (AvgIpc) is 2.91. The van der Waals surface area contributed by atoms with E-state index in [-0.39, 0.29) is 5.82 Å². The minimum absolute atomic E-state index is 0.282. The van der Waals surface area contributed by atoms with Gasteiger partial charge in [0, 0.05) is 24.0 Å². The molecule has 0 radical (unpaired) electrons. The molecule has 3 aromatic carbocycles. The van der Waals surface area contributed by atoms with E-state index in [1.807, 2.05) is 82.5 Å². The summed E-state index contributed by atoms with van der Waals surface area (Å²) >= 11 is 0. The number of amides is 1. The third-order valence-electron chi connectivity index (χ3n) is 6.09.